The van der Waals surface area contributed by atoms with Crippen LogP contribution in [0, 0.1) is 5.82 Å². The zero-order valence-electron chi connectivity index (χ0n) is 22.1. The van der Waals surface area contributed by atoms with E-state index in [-0.39, 0.29) is 11.3 Å². The van der Waals surface area contributed by atoms with Gasteiger partial charge in [-0.1, -0.05) is 71.9 Å². The summed E-state index contributed by atoms with van der Waals surface area (Å²) in [5.74, 6) is -1.09. The third-order valence-electron chi connectivity index (χ3n) is 6.35. The van der Waals surface area contributed by atoms with Crippen molar-refractivity contribution in [3.63, 3.8) is 0 Å². The van der Waals surface area contributed by atoms with Crippen LogP contribution in [0.4, 0.5) is 15.0 Å². The summed E-state index contributed by atoms with van der Waals surface area (Å²) in [5.41, 5.74) is 3.63. The molecule has 1 aromatic heterocycles. The summed E-state index contributed by atoms with van der Waals surface area (Å²) >= 11 is 0. The third kappa shape index (κ3) is 6.22. The number of amides is 1. The summed E-state index contributed by atoms with van der Waals surface area (Å²) in [7, 11) is 1.68. The maximum Gasteiger partial charge on any atom is 0.413 e. The van der Waals surface area contributed by atoms with Crippen LogP contribution < -0.4 is 10.1 Å². The van der Waals surface area contributed by atoms with Crippen LogP contribution in [-0.2, 0) is 11.8 Å². The predicted molar refractivity (Wildman–Crippen MR) is 150 cm³/mol. The maximum atomic E-state index is 13.5. The van der Waals surface area contributed by atoms with Gasteiger partial charge in [0.25, 0.3) is 0 Å². The molecule has 1 atom stereocenters. The fourth-order valence-corrected chi connectivity index (χ4v) is 4.19. The number of aryl methyl sites for hydroxylation is 1. The molecule has 0 fully saturated rings. The Morgan fingerprint density at radius 2 is 1.54 bits per heavy atom. The number of carbonyl (C=O) groups is 2. The van der Waals surface area contributed by atoms with E-state index in [0.29, 0.717) is 17.3 Å². The van der Waals surface area contributed by atoms with Gasteiger partial charge < -0.3 is 14.6 Å². The van der Waals surface area contributed by atoms with E-state index in [1.807, 2.05) is 66.7 Å². The number of carboxylic acid groups (broad SMARTS) is 1. The molecule has 1 amide bonds. The van der Waals surface area contributed by atoms with Crippen molar-refractivity contribution in [2.45, 2.75) is 13.0 Å². The lowest BCUT2D eigenvalue weighted by Crippen LogP contribution is -2.18. The van der Waals surface area contributed by atoms with E-state index < -0.39 is 24.0 Å². The van der Waals surface area contributed by atoms with Crippen molar-refractivity contribution in [3.8, 4) is 33.9 Å². The molecule has 5 aromatic rings. The number of aromatic nitrogens is 3. The Labute approximate surface area is 234 Å². The number of halogens is 1. The van der Waals surface area contributed by atoms with Crippen molar-refractivity contribution in [1.82, 2.24) is 15.0 Å². The first-order valence-electron chi connectivity index (χ1n) is 12.6. The molecular formula is C31H25FN4O5. The van der Waals surface area contributed by atoms with E-state index >= 15 is 0 Å². The standard InChI is InChI=1S/C31H25FN4O5/c1-19(20-6-4-3-5-7-20)40-31(39)33-29-28(34-35-36(29)2)23-10-8-21(9-11-23)22-12-15-25(16-13-22)41-27-17-14-24(32)18-26(27)30(37)38/h3-19H,1-2H3,(H,33,39)(H,37,38)/t19-/m1/s1. The molecule has 0 radical (unpaired) electrons. The Morgan fingerprint density at radius 3 is 2.20 bits per heavy atom. The van der Waals surface area contributed by atoms with Gasteiger partial charge in [0, 0.05) is 12.6 Å². The van der Waals surface area contributed by atoms with E-state index in [9.17, 15) is 19.1 Å². The minimum absolute atomic E-state index is 0.0443. The molecule has 0 unspecified atom stereocenters. The summed E-state index contributed by atoms with van der Waals surface area (Å²) in [6, 6.07) is 27.4. The molecule has 0 aliphatic rings. The SMILES string of the molecule is C[C@@H](OC(=O)Nc1c(-c2ccc(-c3ccc(Oc4ccc(F)cc4C(=O)O)cc3)cc2)nnn1C)c1ccccc1. The van der Waals surface area contributed by atoms with Crippen molar-refractivity contribution >= 4 is 17.9 Å². The van der Waals surface area contributed by atoms with Gasteiger partial charge in [-0.15, -0.1) is 5.10 Å². The Kier molecular flexibility index (Phi) is 7.73. The van der Waals surface area contributed by atoms with Crippen molar-refractivity contribution < 1.29 is 28.6 Å². The zero-order valence-corrected chi connectivity index (χ0v) is 22.1. The number of nitrogens with one attached hydrogen (secondary N) is 1. The fourth-order valence-electron chi connectivity index (χ4n) is 4.19. The van der Waals surface area contributed by atoms with Gasteiger partial charge in [-0.2, -0.15) is 0 Å². The van der Waals surface area contributed by atoms with Crippen LogP contribution in [-0.4, -0.2) is 32.2 Å². The van der Waals surface area contributed by atoms with E-state index in [1.165, 1.54) is 10.7 Å². The number of hydrogen-bond donors (Lipinski definition) is 2. The van der Waals surface area contributed by atoms with Gasteiger partial charge in [-0.25, -0.2) is 18.7 Å². The van der Waals surface area contributed by atoms with E-state index in [1.54, 1.807) is 26.1 Å². The number of rotatable bonds is 8. The normalized spacial score (nSPS) is 11.5. The van der Waals surface area contributed by atoms with Crippen molar-refractivity contribution in [1.29, 1.82) is 0 Å². The van der Waals surface area contributed by atoms with E-state index in [0.717, 1.165) is 34.4 Å². The first kappa shape index (κ1) is 27.1. The van der Waals surface area contributed by atoms with Gasteiger partial charge in [-0.05, 0) is 53.9 Å². The number of aromatic carboxylic acids is 1. The molecule has 9 nitrogen and oxygen atoms in total. The summed E-state index contributed by atoms with van der Waals surface area (Å²) in [5, 5.41) is 20.3. The number of hydrogen-bond acceptors (Lipinski definition) is 6. The second kappa shape index (κ2) is 11.7. The van der Waals surface area contributed by atoms with Crippen LogP contribution in [0.1, 0.15) is 28.9 Å². The average Bonchev–Trinajstić information content (AvgIpc) is 3.34. The quantitative estimate of drug-likeness (QED) is 0.211. The van der Waals surface area contributed by atoms with Gasteiger partial charge in [-0.3, -0.25) is 5.32 Å². The largest absolute Gasteiger partial charge is 0.478 e. The lowest BCUT2D eigenvalue weighted by molar-refractivity contribution is 0.0693. The average molecular weight is 553 g/mol. The Balaban J connectivity index is 1.28. The number of carboxylic acids is 1. The van der Waals surface area contributed by atoms with Crippen LogP contribution in [0.3, 0.4) is 0 Å². The van der Waals surface area contributed by atoms with Crippen LogP contribution in [0.2, 0.25) is 0 Å². The Bertz CT molecular complexity index is 1690. The lowest BCUT2D eigenvalue weighted by Gasteiger charge is -2.14. The van der Waals surface area contributed by atoms with E-state index in [2.05, 4.69) is 15.6 Å². The monoisotopic (exact) mass is 552 g/mol. The van der Waals surface area contributed by atoms with Gasteiger partial charge >= 0.3 is 12.1 Å². The predicted octanol–water partition coefficient (Wildman–Crippen LogP) is 7.09. The second-order valence-electron chi connectivity index (χ2n) is 9.14. The van der Waals surface area contributed by atoms with Crippen molar-refractivity contribution in [3.05, 3.63) is 114 Å². The summed E-state index contributed by atoms with van der Waals surface area (Å²) < 4.78 is 26.1. The highest BCUT2D eigenvalue weighted by molar-refractivity contribution is 5.91. The van der Waals surface area contributed by atoms with E-state index in [4.69, 9.17) is 9.47 Å². The molecule has 5 rings (SSSR count). The van der Waals surface area contributed by atoms with Crippen LogP contribution in [0.15, 0.2) is 97.1 Å². The van der Waals surface area contributed by atoms with Gasteiger partial charge in [0.05, 0.1) is 0 Å². The molecule has 0 aliphatic carbocycles. The lowest BCUT2D eigenvalue weighted by atomic mass is 10.0. The molecule has 206 valence electrons. The molecule has 2 N–H and O–H groups in total. The van der Waals surface area contributed by atoms with Crippen LogP contribution >= 0.6 is 0 Å². The molecule has 1 heterocycles. The Morgan fingerprint density at radius 1 is 0.902 bits per heavy atom. The number of carbonyl (C=O) groups excluding carboxylic acids is 1. The number of anilines is 1. The van der Waals surface area contributed by atoms with Crippen molar-refractivity contribution in [2.24, 2.45) is 7.05 Å². The fraction of sp³-hybridized carbons (Fsp3) is 0.0968. The molecule has 4 aromatic carbocycles. The van der Waals surface area contributed by atoms with Gasteiger partial charge in [0.1, 0.15) is 34.7 Å². The minimum atomic E-state index is -1.28. The zero-order chi connectivity index (χ0) is 28.9. The molecule has 0 saturated heterocycles. The maximum absolute atomic E-state index is 13.5. The summed E-state index contributed by atoms with van der Waals surface area (Å²) in [4.78, 5) is 24.0. The Hall–Kier alpha value is -5.51. The molecule has 0 aliphatic heterocycles. The van der Waals surface area contributed by atoms with Crippen molar-refractivity contribution in [2.75, 3.05) is 5.32 Å². The minimum Gasteiger partial charge on any atom is -0.478 e. The van der Waals surface area contributed by atoms with Crippen LogP contribution in [0.5, 0.6) is 11.5 Å². The summed E-state index contributed by atoms with van der Waals surface area (Å²) in [6.45, 7) is 1.80. The second-order valence-corrected chi connectivity index (χ2v) is 9.14. The number of nitrogens with zero attached hydrogens (tertiary/aromatic N) is 3. The highest BCUT2D eigenvalue weighted by atomic mass is 19.1. The molecule has 10 heteroatoms. The van der Waals surface area contributed by atoms with Crippen LogP contribution in [0.25, 0.3) is 22.4 Å². The first-order valence-corrected chi connectivity index (χ1v) is 12.6. The van der Waals surface area contributed by atoms with Gasteiger partial charge in [0.2, 0.25) is 0 Å². The highest BCUT2D eigenvalue weighted by Gasteiger charge is 2.19. The topological polar surface area (TPSA) is 116 Å². The third-order valence-corrected chi connectivity index (χ3v) is 6.35. The summed E-state index contributed by atoms with van der Waals surface area (Å²) in [6.07, 6.45) is -1.06. The molecular weight excluding hydrogens is 527 g/mol. The molecule has 0 spiro atoms. The number of benzene rings is 4. The van der Waals surface area contributed by atoms with Gasteiger partial charge in [0.15, 0.2) is 5.82 Å². The number of ether oxygens (including phenoxy) is 2. The molecule has 0 bridgehead atoms. The highest BCUT2D eigenvalue weighted by Crippen LogP contribution is 2.31. The molecule has 0 saturated carbocycles. The molecule has 41 heavy (non-hydrogen) atoms. The smallest absolute Gasteiger partial charge is 0.413 e. The first-order chi connectivity index (χ1) is 19.8.